The van der Waals surface area contributed by atoms with Crippen molar-refractivity contribution in [3.63, 3.8) is 0 Å². The molecule has 100 valence electrons. The van der Waals surface area contributed by atoms with Crippen molar-refractivity contribution < 1.29 is 0 Å². The molecule has 3 heteroatoms. The van der Waals surface area contributed by atoms with E-state index in [1.165, 1.54) is 18.4 Å². The van der Waals surface area contributed by atoms with Crippen LogP contribution in [0.2, 0.25) is 0 Å². The van der Waals surface area contributed by atoms with Gasteiger partial charge in [-0.25, -0.2) is 4.98 Å². The Morgan fingerprint density at radius 2 is 2.33 bits per heavy atom. The largest absolute Gasteiger partial charge is 0.356 e. The van der Waals surface area contributed by atoms with Gasteiger partial charge >= 0.3 is 0 Å². The van der Waals surface area contributed by atoms with Crippen LogP contribution in [0.3, 0.4) is 0 Å². The standard InChI is InChI=1S/C15H25N3/c1-3-14(16)9-13-6-7-15(17-10-13)18-8-4-5-12(2)11-18/h6-7,10,12,14H,3-5,8-9,11,16H2,1-2H3. The van der Waals surface area contributed by atoms with Crippen LogP contribution in [0.4, 0.5) is 5.82 Å². The van der Waals surface area contributed by atoms with Crippen LogP contribution in [-0.4, -0.2) is 24.1 Å². The number of aromatic nitrogens is 1. The van der Waals surface area contributed by atoms with Crippen LogP contribution >= 0.6 is 0 Å². The fourth-order valence-electron chi connectivity index (χ4n) is 2.57. The summed E-state index contributed by atoms with van der Waals surface area (Å²) < 4.78 is 0. The quantitative estimate of drug-likeness (QED) is 0.889. The van der Waals surface area contributed by atoms with Crippen molar-refractivity contribution in [1.82, 2.24) is 4.98 Å². The van der Waals surface area contributed by atoms with Gasteiger partial charge in [-0.1, -0.05) is 19.9 Å². The highest BCUT2D eigenvalue weighted by Gasteiger charge is 2.17. The van der Waals surface area contributed by atoms with E-state index in [1.807, 2.05) is 6.20 Å². The molecule has 1 saturated heterocycles. The molecule has 0 aromatic carbocycles. The van der Waals surface area contributed by atoms with Gasteiger partial charge in [0.1, 0.15) is 5.82 Å². The van der Waals surface area contributed by atoms with Gasteiger partial charge in [0.25, 0.3) is 0 Å². The molecule has 1 aromatic rings. The number of pyridine rings is 1. The Bertz CT molecular complexity index is 361. The first kappa shape index (κ1) is 13.3. The number of rotatable bonds is 4. The smallest absolute Gasteiger partial charge is 0.128 e. The third-order valence-electron chi connectivity index (χ3n) is 3.81. The lowest BCUT2D eigenvalue weighted by molar-refractivity contribution is 0.444. The van der Waals surface area contributed by atoms with Crippen LogP contribution in [0.25, 0.3) is 0 Å². The molecule has 0 aliphatic carbocycles. The van der Waals surface area contributed by atoms with Gasteiger partial charge in [-0.05, 0) is 43.2 Å². The van der Waals surface area contributed by atoms with Crippen LogP contribution in [0, 0.1) is 5.92 Å². The van der Waals surface area contributed by atoms with Crippen molar-refractivity contribution in [1.29, 1.82) is 0 Å². The molecule has 2 unspecified atom stereocenters. The van der Waals surface area contributed by atoms with E-state index in [1.54, 1.807) is 0 Å². The Kier molecular flexibility index (Phi) is 4.59. The highest BCUT2D eigenvalue weighted by molar-refractivity contribution is 5.39. The number of anilines is 1. The molecule has 2 heterocycles. The molecule has 1 aliphatic rings. The van der Waals surface area contributed by atoms with Crippen molar-refractivity contribution in [3.8, 4) is 0 Å². The van der Waals surface area contributed by atoms with Gasteiger partial charge in [-0.2, -0.15) is 0 Å². The van der Waals surface area contributed by atoms with Gasteiger partial charge in [-0.15, -0.1) is 0 Å². The monoisotopic (exact) mass is 247 g/mol. The molecule has 2 rings (SSSR count). The van der Waals surface area contributed by atoms with Crippen molar-refractivity contribution in [3.05, 3.63) is 23.9 Å². The number of piperidine rings is 1. The maximum absolute atomic E-state index is 5.97. The number of hydrogen-bond acceptors (Lipinski definition) is 3. The number of nitrogens with zero attached hydrogens (tertiary/aromatic N) is 2. The molecule has 0 bridgehead atoms. The SMILES string of the molecule is CCC(N)Cc1ccc(N2CCCC(C)C2)nc1. The van der Waals surface area contributed by atoms with Gasteiger partial charge in [0.2, 0.25) is 0 Å². The summed E-state index contributed by atoms with van der Waals surface area (Å²) in [5, 5.41) is 0. The summed E-state index contributed by atoms with van der Waals surface area (Å²) >= 11 is 0. The minimum absolute atomic E-state index is 0.257. The average Bonchev–Trinajstić information content (AvgIpc) is 2.39. The molecule has 0 radical (unpaired) electrons. The summed E-state index contributed by atoms with van der Waals surface area (Å²) in [6, 6.07) is 4.58. The predicted molar refractivity (Wildman–Crippen MR) is 76.8 cm³/mol. The van der Waals surface area contributed by atoms with E-state index >= 15 is 0 Å². The van der Waals surface area contributed by atoms with Crippen molar-refractivity contribution in [2.45, 2.75) is 45.6 Å². The van der Waals surface area contributed by atoms with Gasteiger partial charge in [0.15, 0.2) is 0 Å². The highest BCUT2D eigenvalue weighted by atomic mass is 15.2. The Hall–Kier alpha value is -1.09. The van der Waals surface area contributed by atoms with E-state index in [2.05, 4.69) is 35.9 Å². The van der Waals surface area contributed by atoms with Crippen molar-refractivity contribution in [2.75, 3.05) is 18.0 Å². The van der Waals surface area contributed by atoms with Gasteiger partial charge in [0.05, 0.1) is 0 Å². The molecular weight excluding hydrogens is 222 g/mol. The maximum atomic E-state index is 5.97. The normalized spacial score (nSPS) is 21.9. The second-order valence-corrected chi connectivity index (χ2v) is 5.59. The molecule has 0 spiro atoms. The minimum atomic E-state index is 0.257. The van der Waals surface area contributed by atoms with E-state index in [-0.39, 0.29) is 6.04 Å². The summed E-state index contributed by atoms with van der Waals surface area (Å²) in [6.07, 6.45) is 6.57. The lowest BCUT2D eigenvalue weighted by atomic mass is 10.0. The zero-order valence-electron chi connectivity index (χ0n) is 11.6. The molecule has 18 heavy (non-hydrogen) atoms. The molecular formula is C15H25N3. The zero-order valence-corrected chi connectivity index (χ0v) is 11.6. The summed E-state index contributed by atoms with van der Waals surface area (Å²) in [4.78, 5) is 7.00. The Labute approximate surface area is 110 Å². The molecule has 1 aliphatic heterocycles. The third-order valence-corrected chi connectivity index (χ3v) is 3.81. The zero-order chi connectivity index (χ0) is 13.0. The maximum Gasteiger partial charge on any atom is 0.128 e. The second kappa shape index (κ2) is 6.19. The summed E-state index contributed by atoms with van der Waals surface area (Å²) in [7, 11) is 0. The third kappa shape index (κ3) is 3.45. The summed E-state index contributed by atoms with van der Waals surface area (Å²) in [5.74, 6) is 1.91. The van der Waals surface area contributed by atoms with E-state index in [9.17, 15) is 0 Å². The van der Waals surface area contributed by atoms with E-state index in [0.29, 0.717) is 0 Å². The van der Waals surface area contributed by atoms with Crippen molar-refractivity contribution >= 4 is 5.82 Å². The average molecular weight is 247 g/mol. The van der Waals surface area contributed by atoms with Gasteiger partial charge in [-0.3, -0.25) is 0 Å². The Morgan fingerprint density at radius 3 is 2.94 bits per heavy atom. The summed E-state index contributed by atoms with van der Waals surface area (Å²) in [5.41, 5.74) is 7.21. The molecule has 1 fully saturated rings. The minimum Gasteiger partial charge on any atom is -0.356 e. The first-order chi connectivity index (χ1) is 8.69. The second-order valence-electron chi connectivity index (χ2n) is 5.59. The van der Waals surface area contributed by atoms with Crippen LogP contribution in [0.15, 0.2) is 18.3 Å². The molecule has 2 N–H and O–H groups in total. The summed E-state index contributed by atoms with van der Waals surface area (Å²) in [6.45, 7) is 6.73. The molecule has 0 saturated carbocycles. The molecule has 2 atom stereocenters. The Morgan fingerprint density at radius 1 is 1.50 bits per heavy atom. The molecule has 0 amide bonds. The predicted octanol–water partition coefficient (Wildman–Crippen LogP) is 2.60. The van der Waals surface area contributed by atoms with E-state index in [4.69, 9.17) is 5.73 Å². The van der Waals surface area contributed by atoms with Crippen molar-refractivity contribution in [2.24, 2.45) is 11.7 Å². The number of nitrogens with two attached hydrogens (primary N) is 1. The molecule has 1 aromatic heterocycles. The first-order valence-corrected chi connectivity index (χ1v) is 7.14. The fourth-order valence-corrected chi connectivity index (χ4v) is 2.57. The van der Waals surface area contributed by atoms with Gasteiger partial charge < -0.3 is 10.6 Å². The highest BCUT2D eigenvalue weighted by Crippen LogP contribution is 2.21. The van der Waals surface area contributed by atoms with E-state index in [0.717, 1.165) is 37.7 Å². The van der Waals surface area contributed by atoms with E-state index < -0.39 is 0 Å². The lowest BCUT2D eigenvalue weighted by Gasteiger charge is -2.31. The van der Waals surface area contributed by atoms with Crippen LogP contribution < -0.4 is 10.6 Å². The molecule has 3 nitrogen and oxygen atoms in total. The van der Waals surface area contributed by atoms with Crippen LogP contribution in [0.1, 0.15) is 38.7 Å². The fraction of sp³-hybridized carbons (Fsp3) is 0.667. The van der Waals surface area contributed by atoms with Gasteiger partial charge in [0, 0.05) is 25.3 Å². The lowest BCUT2D eigenvalue weighted by Crippen LogP contribution is -2.34. The topological polar surface area (TPSA) is 42.1 Å². The number of hydrogen-bond donors (Lipinski definition) is 1. The van der Waals surface area contributed by atoms with Crippen LogP contribution in [-0.2, 0) is 6.42 Å². The Balaban J connectivity index is 1.98. The first-order valence-electron chi connectivity index (χ1n) is 7.14. The van der Waals surface area contributed by atoms with Crippen LogP contribution in [0.5, 0.6) is 0 Å².